The second-order valence-electron chi connectivity index (χ2n) is 6.10. The van der Waals surface area contributed by atoms with Crippen molar-refractivity contribution in [2.45, 2.75) is 19.0 Å². The smallest absolute Gasteiger partial charge is 0.234 e. The van der Waals surface area contributed by atoms with Gasteiger partial charge in [0.25, 0.3) is 0 Å². The zero-order chi connectivity index (χ0) is 20.1. The molecule has 0 saturated heterocycles. The third-order valence-electron chi connectivity index (χ3n) is 4.02. The molecule has 0 unspecified atom stereocenters. The average molecular weight is 399 g/mol. The van der Waals surface area contributed by atoms with Gasteiger partial charge < -0.3 is 14.8 Å². The largest absolute Gasteiger partial charge is 0.497 e. The van der Waals surface area contributed by atoms with Crippen LogP contribution < -0.4 is 14.8 Å². The Morgan fingerprint density at radius 3 is 2.50 bits per heavy atom. The molecule has 0 bridgehead atoms. The highest BCUT2D eigenvalue weighted by molar-refractivity contribution is 7.99. The summed E-state index contributed by atoms with van der Waals surface area (Å²) in [6.45, 7) is 3.94. The Morgan fingerprint density at radius 1 is 1.11 bits per heavy atom. The summed E-state index contributed by atoms with van der Waals surface area (Å²) >= 11 is 1.25. The van der Waals surface area contributed by atoms with Gasteiger partial charge in [-0.25, -0.2) is 0 Å². The number of carbonyl (C=O) groups excluding carboxylic acids is 1. The summed E-state index contributed by atoms with van der Waals surface area (Å²) in [6, 6.07) is 11.3. The van der Waals surface area contributed by atoms with Crippen molar-refractivity contribution in [3.05, 3.63) is 47.5 Å². The van der Waals surface area contributed by atoms with Crippen LogP contribution in [-0.4, -0.2) is 46.1 Å². The first kappa shape index (κ1) is 19.7. The Labute approximate surface area is 167 Å². The maximum atomic E-state index is 12.4. The minimum Gasteiger partial charge on any atom is -0.497 e. The van der Waals surface area contributed by atoms with E-state index in [0.29, 0.717) is 22.3 Å². The zero-order valence-electron chi connectivity index (χ0n) is 16.1. The fourth-order valence-corrected chi connectivity index (χ4v) is 3.22. The number of aromatic nitrogens is 4. The molecular weight excluding hydrogens is 378 g/mol. The zero-order valence-corrected chi connectivity index (χ0v) is 16.9. The molecule has 0 spiro atoms. The monoisotopic (exact) mass is 399 g/mol. The van der Waals surface area contributed by atoms with Gasteiger partial charge in [0.15, 0.2) is 0 Å². The molecule has 8 nitrogen and oxygen atoms in total. The van der Waals surface area contributed by atoms with Gasteiger partial charge in [0.2, 0.25) is 11.1 Å². The van der Waals surface area contributed by atoms with Crippen molar-refractivity contribution in [2.75, 3.05) is 25.3 Å². The molecule has 2 aromatic carbocycles. The van der Waals surface area contributed by atoms with Crippen LogP contribution in [0.4, 0.5) is 5.69 Å². The van der Waals surface area contributed by atoms with Crippen LogP contribution >= 0.6 is 11.8 Å². The highest BCUT2D eigenvalue weighted by Gasteiger charge is 2.14. The number of rotatable bonds is 7. The van der Waals surface area contributed by atoms with Crippen LogP contribution in [0.15, 0.2) is 41.6 Å². The fourth-order valence-electron chi connectivity index (χ4n) is 2.53. The number of tetrazole rings is 1. The van der Waals surface area contributed by atoms with E-state index in [-0.39, 0.29) is 11.7 Å². The van der Waals surface area contributed by atoms with Crippen molar-refractivity contribution in [3.8, 4) is 17.2 Å². The van der Waals surface area contributed by atoms with Gasteiger partial charge in [-0.05, 0) is 41.5 Å². The minimum absolute atomic E-state index is 0.128. The van der Waals surface area contributed by atoms with E-state index in [1.807, 2.05) is 32.0 Å². The first-order chi connectivity index (χ1) is 13.5. The molecule has 3 rings (SSSR count). The molecule has 1 amide bonds. The minimum atomic E-state index is -0.128. The number of amides is 1. The number of nitrogens with zero attached hydrogens (tertiary/aromatic N) is 4. The molecule has 3 aromatic rings. The fraction of sp³-hybridized carbons (Fsp3) is 0.263. The number of nitrogens with one attached hydrogen (secondary N) is 1. The van der Waals surface area contributed by atoms with E-state index < -0.39 is 0 Å². The third kappa shape index (κ3) is 4.61. The lowest BCUT2D eigenvalue weighted by molar-refractivity contribution is -0.113. The topological polar surface area (TPSA) is 91.2 Å². The Hall–Kier alpha value is -3.07. The van der Waals surface area contributed by atoms with E-state index in [9.17, 15) is 4.79 Å². The number of ether oxygens (including phenoxy) is 2. The van der Waals surface area contributed by atoms with Gasteiger partial charge in [-0.2, -0.15) is 4.68 Å². The van der Waals surface area contributed by atoms with Crippen LogP contribution in [0.3, 0.4) is 0 Å². The summed E-state index contributed by atoms with van der Waals surface area (Å²) < 4.78 is 12.1. The second kappa shape index (κ2) is 8.75. The van der Waals surface area contributed by atoms with Crippen molar-refractivity contribution < 1.29 is 14.3 Å². The molecule has 146 valence electrons. The lowest BCUT2D eigenvalue weighted by Gasteiger charge is -2.10. The molecule has 9 heteroatoms. The van der Waals surface area contributed by atoms with Gasteiger partial charge >= 0.3 is 0 Å². The molecule has 0 aliphatic rings. The highest BCUT2D eigenvalue weighted by atomic mass is 32.2. The molecule has 0 radical (unpaired) electrons. The SMILES string of the molecule is COc1cc(OC)cc(-n2nnnc2SCC(=O)Nc2cc(C)ccc2C)c1. The van der Waals surface area contributed by atoms with Gasteiger partial charge in [-0.15, -0.1) is 5.10 Å². The van der Waals surface area contributed by atoms with E-state index in [2.05, 4.69) is 20.8 Å². The van der Waals surface area contributed by atoms with Gasteiger partial charge in [0.05, 0.1) is 25.7 Å². The summed E-state index contributed by atoms with van der Waals surface area (Å²) in [5.41, 5.74) is 3.59. The Morgan fingerprint density at radius 2 is 1.82 bits per heavy atom. The van der Waals surface area contributed by atoms with Crippen LogP contribution in [0.2, 0.25) is 0 Å². The normalized spacial score (nSPS) is 10.6. The van der Waals surface area contributed by atoms with Crippen molar-refractivity contribution in [2.24, 2.45) is 0 Å². The van der Waals surface area contributed by atoms with E-state index in [1.54, 1.807) is 37.1 Å². The Kier molecular flexibility index (Phi) is 6.15. The molecule has 1 N–H and O–H groups in total. The van der Waals surface area contributed by atoms with Gasteiger partial charge in [0, 0.05) is 23.9 Å². The van der Waals surface area contributed by atoms with Crippen molar-refractivity contribution in [3.63, 3.8) is 0 Å². The highest BCUT2D eigenvalue weighted by Crippen LogP contribution is 2.27. The van der Waals surface area contributed by atoms with Crippen molar-refractivity contribution in [1.82, 2.24) is 20.2 Å². The average Bonchev–Trinajstić information content (AvgIpc) is 3.17. The molecular formula is C19H21N5O3S. The standard InChI is InChI=1S/C19H21N5O3S/c1-12-5-6-13(2)17(7-12)20-18(25)11-28-19-21-22-23-24(19)14-8-15(26-3)10-16(9-14)27-4/h5-10H,11H2,1-4H3,(H,20,25). The van der Waals surface area contributed by atoms with E-state index in [1.165, 1.54) is 11.8 Å². The Balaban J connectivity index is 1.73. The lowest BCUT2D eigenvalue weighted by Crippen LogP contribution is -2.15. The maximum absolute atomic E-state index is 12.4. The number of thioether (sulfide) groups is 1. The second-order valence-corrected chi connectivity index (χ2v) is 7.04. The van der Waals surface area contributed by atoms with Crippen molar-refractivity contribution >= 4 is 23.4 Å². The lowest BCUT2D eigenvalue weighted by atomic mass is 10.1. The van der Waals surface area contributed by atoms with E-state index >= 15 is 0 Å². The molecule has 0 atom stereocenters. The summed E-state index contributed by atoms with van der Waals surface area (Å²) in [4.78, 5) is 12.4. The van der Waals surface area contributed by atoms with Crippen LogP contribution in [-0.2, 0) is 4.79 Å². The first-order valence-corrected chi connectivity index (χ1v) is 9.50. The molecule has 1 heterocycles. The molecule has 0 aliphatic carbocycles. The van der Waals surface area contributed by atoms with Crippen molar-refractivity contribution in [1.29, 1.82) is 0 Å². The molecule has 0 aliphatic heterocycles. The predicted octanol–water partition coefficient (Wildman–Crippen LogP) is 3.03. The number of carbonyl (C=O) groups is 1. The molecule has 1 aromatic heterocycles. The summed E-state index contributed by atoms with van der Waals surface area (Å²) in [6.07, 6.45) is 0. The molecule has 28 heavy (non-hydrogen) atoms. The van der Waals surface area contributed by atoms with Gasteiger partial charge in [-0.1, -0.05) is 23.9 Å². The van der Waals surface area contributed by atoms with E-state index in [4.69, 9.17) is 9.47 Å². The Bertz CT molecular complexity index is 967. The van der Waals surface area contributed by atoms with Gasteiger partial charge in [0.1, 0.15) is 11.5 Å². The van der Waals surface area contributed by atoms with Gasteiger partial charge in [-0.3, -0.25) is 4.79 Å². The predicted molar refractivity (Wildman–Crippen MR) is 108 cm³/mol. The number of benzene rings is 2. The summed E-state index contributed by atoms with van der Waals surface area (Å²) in [5.74, 6) is 1.29. The number of hydrogen-bond acceptors (Lipinski definition) is 7. The van der Waals surface area contributed by atoms with Crippen LogP contribution in [0.1, 0.15) is 11.1 Å². The van der Waals surface area contributed by atoms with Crippen LogP contribution in [0, 0.1) is 13.8 Å². The quantitative estimate of drug-likeness (QED) is 0.611. The number of methoxy groups -OCH3 is 2. The number of aryl methyl sites for hydroxylation is 2. The molecule has 0 fully saturated rings. The van der Waals surface area contributed by atoms with E-state index in [0.717, 1.165) is 16.8 Å². The first-order valence-electron chi connectivity index (χ1n) is 8.52. The maximum Gasteiger partial charge on any atom is 0.234 e. The number of anilines is 1. The summed E-state index contributed by atoms with van der Waals surface area (Å²) in [7, 11) is 3.15. The molecule has 0 saturated carbocycles. The van der Waals surface area contributed by atoms with Crippen LogP contribution in [0.5, 0.6) is 11.5 Å². The van der Waals surface area contributed by atoms with Crippen LogP contribution in [0.25, 0.3) is 5.69 Å². The third-order valence-corrected chi connectivity index (χ3v) is 4.94. The number of hydrogen-bond donors (Lipinski definition) is 1. The summed E-state index contributed by atoms with van der Waals surface area (Å²) in [5, 5.41) is 15.2.